The third-order valence-corrected chi connectivity index (χ3v) is 5.08. The van der Waals surface area contributed by atoms with Crippen LogP contribution in [0.4, 0.5) is 0 Å². The third kappa shape index (κ3) is 7.72. The van der Waals surface area contributed by atoms with Crippen molar-refractivity contribution in [3.63, 3.8) is 0 Å². The maximum Gasteiger partial charge on any atom is 0.242 e. The Balaban J connectivity index is 2.03. The van der Waals surface area contributed by atoms with Crippen molar-refractivity contribution < 1.29 is 9.59 Å². The summed E-state index contributed by atoms with van der Waals surface area (Å²) < 4.78 is 0. The van der Waals surface area contributed by atoms with Gasteiger partial charge in [-0.2, -0.15) is 0 Å². The predicted octanol–water partition coefficient (Wildman–Crippen LogP) is 4.16. The van der Waals surface area contributed by atoms with Crippen LogP contribution in [0.25, 0.3) is 0 Å². The van der Waals surface area contributed by atoms with Crippen molar-refractivity contribution >= 4 is 11.8 Å². The fourth-order valence-corrected chi connectivity index (χ4v) is 3.17. The van der Waals surface area contributed by atoms with Crippen molar-refractivity contribution in [3.05, 3.63) is 71.3 Å². The van der Waals surface area contributed by atoms with E-state index in [4.69, 9.17) is 0 Å². The van der Waals surface area contributed by atoms with Gasteiger partial charge < -0.3 is 10.2 Å². The number of carbonyl (C=O) groups excluding carboxylic acids is 2. The topological polar surface area (TPSA) is 49.4 Å². The smallest absolute Gasteiger partial charge is 0.242 e. The van der Waals surface area contributed by atoms with Crippen molar-refractivity contribution in [2.45, 2.75) is 53.0 Å². The van der Waals surface area contributed by atoms with E-state index in [2.05, 4.69) is 62.5 Å². The van der Waals surface area contributed by atoms with Gasteiger partial charge in [-0.05, 0) is 43.7 Å². The maximum atomic E-state index is 13.0. The fraction of sp³-hybridized carbons (Fsp3) is 0.440. The zero-order chi connectivity index (χ0) is 21.2. The fourth-order valence-electron chi connectivity index (χ4n) is 3.17. The van der Waals surface area contributed by atoms with Gasteiger partial charge in [-0.15, -0.1) is 0 Å². The zero-order valence-electron chi connectivity index (χ0n) is 18.2. The van der Waals surface area contributed by atoms with Gasteiger partial charge in [0.05, 0.1) is 0 Å². The first kappa shape index (κ1) is 22.7. The van der Waals surface area contributed by atoms with Crippen LogP contribution in [-0.2, 0) is 22.4 Å². The van der Waals surface area contributed by atoms with Crippen LogP contribution in [0.5, 0.6) is 0 Å². The van der Waals surface area contributed by atoms with Crippen LogP contribution < -0.4 is 5.32 Å². The number of amides is 2. The predicted molar refractivity (Wildman–Crippen MR) is 119 cm³/mol. The SMILES string of the molecule is Cc1ccc(CCC(=O)N(CCc2ccccc2)[C@@H](C)C(=O)NCC(C)C)cc1. The van der Waals surface area contributed by atoms with Crippen molar-refractivity contribution in [2.75, 3.05) is 13.1 Å². The summed E-state index contributed by atoms with van der Waals surface area (Å²) in [5, 5.41) is 2.96. The highest BCUT2D eigenvalue weighted by molar-refractivity contribution is 5.87. The van der Waals surface area contributed by atoms with Gasteiger partial charge in [0, 0.05) is 19.5 Å². The van der Waals surface area contributed by atoms with Crippen molar-refractivity contribution in [3.8, 4) is 0 Å². The second-order valence-corrected chi connectivity index (χ2v) is 8.12. The lowest BCUT2D eigenvalue weighted by Crippen LogP contribution is -2.49. The van der Waals surface area contributed by atoms with Crippen LogP contribution in [0, 0.1) is 12.8 Å². The lowest BCUT2D eigenvalue weighted by molar-refractivity contribution is -0.139. The summed E-state index contributed by atoms with van der Waals surface area (Å²) in [7, 11) is 0. The molecule has 2 aromatic carbocycles. The van der Waals surface area contributed by atoms with E-state index in [0.717, 1.165) is 12.0 Å². The Morgan fingerprint density at radius 1 is 0.897 bits per heavy atom. The van der Waals surface area contributed by atoms with Crippen LogP contribution in [0.3, 0.4) is 0 Å². The third-order valence-electron chi connectivity index (χ3n) is 5.08. The molecule has 0 saturated heterocycles. The Kier molecular flexibility index (Phi) is 8.91. The second kappa shape index (κ2) is 11.4. The lowest BCUT2D eigenvalue weighted by Gasteiger charge is -2.29. The van der Waals surface area contributed by atoms with Gasteiger partial charge in [0.2, 0.25) is 11.8 Å². The van der Waals surface area contributed by atoms with Crippen molar-refractivity contribution in [1.82, 2.24) is 10.2 Å². The molecule has 0 saturated carbocycles. The first-order chi connectivity index (χ1) is 13.9. The average molecular weight is 395 g/mol. The van der Waals surface area contributed by atoms with Gasteiger partial charge in [0.1, 0.15) is 6.04 Å². The number of benzene rings is 2. The molecule has 0 heterocycles. The summed E-state index contributed by atoms with van der Waals surface area (Å²) in [6, 6.07) is 17.9. The molecule has 1 N–H and O–H groups in total. The molecule has 0 spiro atoms. The monoisotopic (exact) mass is 394 g/mol. The highest BCUT2D eigenvalue weighted by Gasteiger charge is 2.25. The Labute approximate surface area is 175 Å². The average Bonchev–Trinajstić information content (AvgIpc) is 2.72. The molecule has 4 nitrogen and oxygen atoms in total. The summed E-state index contributed by atoms with van der Waals surface area (Å²) in [6.07, 6.45) is 1.82. The summed E-state index contributed by atoms with van der Waals surface area (Å²) >= 11 is 0. The standard InChI is InChI=1S/C25H34N2O2/c1-19(2)18-26-25(29)21(4)27(17-16-22-8-6-5-7-9-22)24(28)15-14-23-12-10-20(3)11-13-23/h5-13,19,21H,14-18H2,1-4H3,(H,26,29)/t21-/m0/s1. The number of rotatable bonds is 10. The van der Waals surface area contributed by atoms with Crippen LogP contribution in [0.2, 0.25) is 0 Å². The van der Waals surface area contributed by atoms with E-state index < -0.39 is 6.04 Å². The minimum atomic E-state index is -0.483. The normalized spacial score (nSPS) is 11.9. The van der Waals surface area contributed by atoms with E-state index >= 15 is 0 Å². The molecule has 2 rings (SSSR count). The molecule has 0 aromatic heterocycles. The van der Waals surface area contributed by atoms with Crippen LogP contribution >= 0.6 is 0 Å². The molecule has 29 heavy (non-hydrogen) atoms. The largest absolute Gasteiger partial charge is 0.354 e. The molecule has 156 valence electrons. The van der Waals surface area contributed by atoms with Crippen LogP contribution in [0.1, 0.15) is 43.9 Å². The summed E-state index contributed by atoms with van der Waals surface area (Å²) in [5.41, 5.74) is 3.52. The van der Waals surface area contributed by atoms with Gasteiger partial charge in [0.15, 0.2) is 0 Å². The van der Waals surface area contributed by atoms with E-state index in [1.54, 1.807) is 4.90 Å². The second-order valence-electron chi connectivity index (χ2n) is 8.12. The molecule has 0 bridgehead atoms. The molecule has 1 atom stereocenters. The van der Waals surface area contributed by atoms with Gasteiger partial charge in [-0.3, -0.25) is 9.59 Å². The molecule has 4 heteroatoms. The maximum absolute atomic E-state index is 13.0. The lowest BCUT2D eigenvalue weighted by atomic mass is 10.1. The van der Waals surface area contributed by atoms with E-state index in [1.807, 2.05) is 25.1 Å². The van der Waals surface area contributed by atoms with Gasteiger partial charge in [-0.25, -0.2) is 0 Å². The Morgan fingerprint density at radius 3 is 2.14 bits per heavy atom. The Hall–Kier alpha value is -2.62. The summed E-state index contributed by atoms with van der Waals surface area (Å²) in [6.45, 7) is 9.15. The molecule has 0 aliphatic heterocycles. The molecule has 2 aromatic rings. The Morgan fingerprint density at radius 2 is 1.52 bits per heavy atom. The number of hydrogen-bond donors (Lipinski definition) is 1. The van der Waals surface area contributed by atoms with Gasteiger partial charge in [0.25, 0.3) is 0 Å². The number of aryl methyl sites for hydroxylation is 2. The highest BCUT2D eigenvalue weighted by Crippen LogP contribution is 2.11. The zero-order valence-corrected chi connectivity index (χ0v) is 18.2. The number of nitrogens with one attached hydrogen (secondary N) is 1. The molecular formula is C25H34N2O2. The molecule has 0 aliphatic rings. The van der Waals surface area contributed by atoms with Gasteiger partial charge in [-0.1, -0.05) is 74.0 Å². The van der Waals surface area contributed by atoms with E-state index in [0.29, 0.717) is 31.8 Å². The minimum Gasteiger partial charge on any atom is -0.354 e. The molecule has 0 unspecified atom stereocenters. The molecule has 2 amide bonds. The number of nitrogens with zero attached hydrogens (tertiary/aromatic N) is 1. The first-order valence-corrected chi connectivity index (χ1v) is 10.5. The summed E-state index contributed by atoms with van der Waals surface area (Å²) in [5.74, 6) is 0.310. The van der Waals surface area contributed by atoms with Crippen molar-refractivity contribution in [2.24, 2.45) is 5.92 Å². The minimum absolute atomic E-state index is 0.0219. The molecule has 0 radical (unpaired) electrons. The highest BCUT2D eigenvalue weighted by atomic mass is 16.2. The van der Waals surface area contributed by atoms with Crippen LogP contribution in [-0.4, -0.2) is 35.8 Å². The summed E-state index contributed by atoms with van der Waals surface area (Å²) in [4.78, 5) is 27.4. The quantitative estimate of drug-likeness (QED) is 0.658. The molecular weight excluding hydrogens is 360 g/mol. The van der Waals surface area contributed by atoms with E-state index in [-0.39, 0.29) is 11.8 Å². The number of carbonyl (C=O) groups is 2. The van der Waals surface area contributed by atoms with E-state index in [9.17, 15) is 9.59 Å². The Bertz CT molecular complexity index is 769. The first-order valence-electron chi connectivity index (χ1n) is 10.5. The van der Waals surface area contributed by atoms with E-state index in [1.165, 1.54) is 11.1 Å². The molecule has 0 fully saturated rings. The molecule has 0 aliphatic carbocycles. The van der Waals surface area contributed by atoms with Crippen molar-refractivity contribution in [1.29, 1.82) is 0 Å². The number of hydrogen-bond acceptors (Lipinski definition) is 2. The van der Waals surface area contributed by atoms with Gasteiger partial charge >= 0.3 is 0 Å². The van der Waals surface area contributed by atoms with Crippen LogP contribution in [0.15, 0.2) is 54.6 Å².